The van der Waals surface area contributed by atoms with Crippen molar-refractivity contribution < 1.29 is 42.9 Å². The number of carbonyl (C=O) groups excluding carboxylic acids is 4. The quantitative estimate of drug-likeness (QED) is 0.257. The molecule has 0 radical (unpaired) electrons. The molecule has 0 aromatic rings. The minimum atomic E-state index is -1.23. The first-order chi connectivity index (χ1) is 14.1. The van der Waals surface area contributed by atoms with Crippen LogP contribution in [0.3, 0.4) is 0 Å². The van der Waals surface area contributed by atoms with Gasteiger partial charge in [0.25, 0.3) is 0 Å². The van der Waals surface area contributed by atoms with Gasteiger partial charge in [0, 0.05) is 52.5 Å². The van der Waals surface area contributed by atoms with E-state index in [2.05, 4.69) is 0 Å². The number of ether oxygens (including phenoxy) is 5. The number of esters is 4. The molecule has 0 bridgehead atoms. The molecule has 1 aliphatic heterocycles. The average Bonchev–Trinajstić information content (AvgIpc) is 2.61. The molecule has 0 aliphatic carbocycles. The molecule has 1 heterocycles. The Labute approximate surface area is 185 Å². The Balaban J connectivity index is 3.43. The summed E-state index contributed by atoms with van der Waals surface area (Å²) in [6, 6.07) is -0.881. The summed E-state index contributed by atoms with van der Waals surface area (Å²) < 4.78 is 27.0. The molecule has 0 saturated carbocycles. The predicted octanol–water partition coefficient (Wildman–Crippen LogP) is 0.849. The van der Waals surface area contributed by atoms with Gasteiger partial charge in [-0.1, -0.05) is 0 Å². The van der Waals surface area contributed by atoms with Crippen LogP contribution in [-0.4, -0.2) is 90.9 Å². The first kappa shape index (κ1) is 26.4. The summed E-state index contributed by atoms with van der Waals surface area (Å²) >= 11 is 11.8. The van der Waals surface area contributed by atoms with Crippen LogP contribution < -0.4 is 0 Å². The van der Waals surface area contributed by atoms with Crippen LogP contribution in [-0.2, 0) is 42.9 Å². The van der Waals surface area contributed by atoms with Crippen molar-refractivity contribution in [2.24, 2.45) is 0 Å². The molecule has 1 saturated heterocycles. The van der Waals surface area contributed by atoms with Gasteiger partial charge in [0.05, 0.1) is 0 Å². The summed E-state index contributed by atoms with van der Waals surface area (Å²) in [5, 5.41) is 0. The second-order valence-electron chi connectivity index (χ2n) is 6.51. The lowest BCUT2D eigenvalue weighted by atomic mass is 9.94. The highest BCUT2D eigenvalue weighted by Gasteiger charge is 2.53. The van der Waals surface area contributed by atoms with Gasteiger partial charge in [-0.25, -0.2) is 0 Å². The van der Waals surface area contributed by atoms with Crippen LogP contribution in [0.5, 0.6) is 0 Å². The third-order valence-electron chi connectivity index (χ3n) is 4.12. The van der Waals surface area contributed by atoms with Crippen LogP contribution in [0.2, 0.25) is 0 Å². The number of rotatable bonds is 10. The zero-order valence-corrected chi connectivity index (χ0v) is 18.8. The maximum atomic E-state index is 11.9. The van der Waals surface area contributed by atoms with Crippen molar-refractivity contribution >= 4 is 47.1 Å². The van der Waals surface area contributed by atoms with Crippen LogP contribution in [0, 0.1) is 0 Å². The molecule has 10 nitrogen and oxygen atoms in total. The third-order valence-corrected chi connectivity index (χ3v) is 4.45. The van der Waals surface area contributed by atoms with Crippen LogP contribution in [0.25, 0.3) is 0 Å². The Hall–Kier alpha value is -1.62. The van der Waals surface area contributed by atoms with E-state index in [9.17, 15) is 19.2 Å². The molecule has 1 rings (SSSR count). The lowest BCUT2D eigenvalue weighted by Crippen LogP contribution is -2.67. The molecule has 0 aromatic heterocycles. The zero-order valence-electron chi connectivity index (χ0n) is 17.3. The van der Waals surface area contributed by atoms with Gasteiger partial charge in [-0.15, -0.1) is 23.2 Å². The fourth-order valence-corrected chi connectivity index (χ4v) is 3.59. The highest BCUT2D eigenvalue weighted by Crippen LogP contribution is 2.31. The monoisotopic (exact) mass is 471 g/mol. The minimum Gasteiger partial charge on any atom is -0.463 e. The molecule has 0 N–H and O–H groups in total. The number of hydrogen-bond acceptors (Lipinski definition) is 10. The van der Waals surface area contributed by atoms with Crippen molar-refractivity contribution in [3.05, 3.63) is 0 Å². The summed E-state index contributed by atoms with van der Waals surface area (Å²) in [5.74, 6) is -2.18. The maximum Gasteiger partial charge on any atom is 0.304 e. The topological polar surface area (TPSA) is 118 Å². The summed E-state index contributed by atoms with van der Waals surface area (Å²) in [5.41, 5.74) is 0. The van der Waals surface area contributed by atoms with Crippen LogP contribution in [0.4, 0.5) is 0 Å². The first-order valence-electron chi connectivity index (χ1n) is 9.27. The highest BCUT2D eigenvalue weighted by atomic mass is 35.5. The Morgan fingerprint density at radius 3 is 1.73 bits per heavy atom. The highest BCUT2D eigenvalue weighted by molar-refractivity contribution is 6.18. The molecule has 1 aliphatic rings. The SMILES string of the molecule is CC(=O)OC[C@H]1O[C@@H](OC(C)=O)[C@@H](N(CCCl)CCCl)[C@@H](OC(C)=O)[C@H]1OC(C)=O. The van der Waals surface area contributed by atoms with E-state index in [0.29, 0.717) is 13.1 Å². The number of nitrogens with zero attached hydrogens (tertiary/aromatic N) is 1. The Morgan fingerprint density at radius 2 is 1.30 bits per heavy atom. The van der Waals surface area contributed by atoms with Crippen LogP contribution in [0.15, 0.2) is 0 Å². The van der Waals surface area contributed by atoms with Crippen molar-refractivity contribution in [3.63, 3.8) is 0 Å². The van der Waals surface area contributed by atoms with E-state index in [1.54, 1.807) is 4.90 Å². The van der Waals surface area contributed by atoms with Gasteiger partial charge >= 0.3 is 23.9 Å². The van der Waals surface area contributed by atoms with Gasteiger partial charge < -0.3 is 23.7 Å². The lowest BCUT2D eigenvalue weighted by Gasteiger charge is -2.48. The molecule has 30 heavy (non-hydrogen) atoms. The standard InChI is InChI=1S/C18H27Cl2NO9/c1-10(22)26-9-14-16(27-11(2)23)17(28-12(3)24)15(18(30-14)29-13(4)25)21(7-5-19)8-6-20/h14-18H,5-9H2,1-4H3/t14-,15+,16+,17-,18-/m1/s1. The van der Waals surface area contributed by atoms with E-state index in [-0.39, 0.29) is 18.4 Å². The minimum absolute atomic E-state index is 0.197. The van der Waals surface area contributed by atoms with Gasteiger partial charge in [0.1, 0.15) is 18.8 Å². The number of alkyl halides is 2. The van der Waals surface area contributed by atoms with Crippen LogP contribution in [0.1, 0.15) is 27.7 Å². The van der Waals surface area contributed by atoms with E-state index < -0.39 is 54.5 Å². The zero-order chi connectivity index (χ0) is 22.8. The maximum absolute atomic E-state index is 11.9. The van der Waals surface area contributed by atoms with Crippen molar-refractivity contribution in [2.75, 3.05) is 31.5 Å². The smallest absolute Gasteiger partial charge is 0.304 e. The van der Waals surface area contributed by atoms with Crippen molar-refractivity contribution in [1.29, 1.82) is 0 Å². The van der Waals surface area contributed by atoms with Crippen LogP contribution >= 0.6 is 23.2 Å². The van der Waals surface area contributed by atoms with Crippen molar-refractivity contribution in [1.82, 2.24) is 4.90 Å². The first-order valence-corrected chi connectivity index (χ1v) is 10.3. The van der Waals surface area contributed by atoms with Gasteiger partial charge in [-0.2, -0.15) is 0 Å². The molecule has 1 fully saturated rings. The number of carbonyl (C=O) groups is 4. The Morgan fingerprint density at radius 1 is 0.800 bits per heavy atom. The molecule has 12 heteroatoms. The lowest BCUT2D eigenvalue weighted by molar-refractivity contribution is -0.285. The average molecular weight is 472 g/mol. The molecule has 0 unspecified atom stereocenters. The third kappa shape index (κ3) is 8.25. The van der Waals surface area contributed by atoms with E-state index in [1.165, 1.54) is 27.7 Å². The molecule has 172 valence electrons. The normalized spacial score (nSPS) is 26.0. The molecule has 0 spiro atoms. The van der Waals surface area contributed by atoms with Gasteiger partial charge in [-0.3, -0.25) is 24.1 Å². The summed E-state index contributed by atoms with van der Waals surface area (Å²) in [7, 11) is 0. The fourth-order valence-electron chi connectivity index (χ4n) is 3.16. The molecule has 5 atom stereocenters. The number of halogens is 2. The van der Waals surface area contributed by atoms with E-state index in [4.69, 9.17) is 46.9 Å². The van der Waals surface area contributed by atoms with Gasteiger partial charge in [-0.05, 0) is 0 Å². The van der Waals surface area contributed by atoms with Gasteiger partial charge in [0.2, 0.25) is 6.29 Å². The van der Waals surface area contributed by atoms with Gasteiger partial charge in [0.15, 0.2) is 12.2 Å². The predicted molar refractivity (Wildman–Crippen MR) is 105 cm³/mol. The Bertz CT molecular complexity index is 612. The summed E-state index contributed by atoms with van der Waals surface area (Å²) in [6.45, 7) is 5.01. The second-order valence-corrected chi connectivity index (χ2v) is 7.26. The molecular weight excluding hydrogens is 445 g/mol. The Kier molecular flexibility index (Phi) is 11.4. The van der Waals surface area contributed by atoms with Crippen molar-refractivity contribution in [2.45, 2.75) is 58.3 Å². The second kappa shape index (κ2) is 12.9. The molecule has 0 amide bonds. The van der Waals surface area contributed by atoms with Crippen molar-refractivity contribution in [3.8, 4) is 0 Å². The van der Waals surface area contributed by atoms with E-state index in [1.807, 2.05) is 0 Å². The largest absolute Gasteiger partial charge is 0.463 e. The van der Waals surface area contributed by atoms with E-state index >= 15 is 0 Å². The molecular formula is C18H27Cl2NO9. The fraction of sp³-hybridized carbons (Fsp3) is 0.778. The summed E-state index contributed by atoms with van der Waals surface area (Å²) in [4.78, 5) is 48.3. The molecule has 0 aromatic carbocycles. The van der Waals surface area contributed by atoms with E-state index in [0.717, 1.165) is 0 Å². The number of hydrogen-bond donors (Lipinski definition) is 0. The summed E-state index contributed by atoms with van der Waals surface area (Å²) in [6.07, 6.45) is -4.55.